The molecule has 0 aromatic carbocycles. The third-order valence-corrected chi connectivity index (χ3v) is 3.47. The summed E-state index contributed by atoms with van der Waals surface area (Å²) in [5.41, 5.74) is 3.94. The van der Waals surface area contributed by atoms with Crippen LogP contribution >= 0.6 is 12.2 Å². The van der Waals surface area contributed by atoms with Gasteiger partial charge in [0.2, 0.25) is 5.11 Å². The van der Waals surface area contributed by atoms with E-state index in [0.29, 0.717) is 0 Å². The number of carbonyl (C=O) groups is 3. The number of carboxylic acids is 1. The molecule has 0 aromatic heterocycles. The van der Waals surface area contributed by atoms with Gasteiger partial charge in [-0.3, -0.25) is 15.0 Å². The molecule has 0 unspecified atom stereocenters. The molecule has 2 aliphatic rings. The number of nitrogens with one attached hydrogen (secondary N) is 2. The van der Waals surface area contributed by atoms with Crippen molar-refractivity contribution in [1.82, 2.24) is 10.9 Å². The Kier molecular flexibility index (Phi) is 8.27. The van der Waals surface area contributed by atoms with E-state index in [1.165, 1.54) is 30.5 Å². The number of carbonyl (C=O) groups excluding carboxylic acids is 3. The molecule has 0 fully saturated rings. The molecule has 0 aliphatic heterocycles. The van der Waals surface area contributed by atoms with Crippen LogP contribution in [0.2, 0.25) is 0 Å². The predicted octanol–water partition coefficient (Wildman–Crippen LogP) is -2.87. The normalized spacial score (nSPS) is 17.1. The van der Waals surface area contributed by atoms with E-state index in [1.807, 2.05) is 0 Å². The summed E-state index contributed by atoms with van der Waals surface area (Å²) in [4.78, 5) is 38.3. The maximum atomic E-state index is 11.9. The summed E-state index contributed by atoms with van der Waals surface area (Å²) in [7, 11) is 0. The maximum absolute atomic E-state index is 11.9. The molecule has 11 heteroatoms. The van der Waals surface area contributed by atoms with Gasteiger partial charge in [-0.1, -0.05) is 18.2 Å². The molecule has 2 aliphatic carbocycles. The number of hydrogen-bond donors (Lipinski definition) is 2. The van der Waals surface area contributed by atoms with Crippen molar-refractivity contribution in [3.8, 4) is 0 Å². The molecule has 0 spiro atoms. The van der Waals surface area contributed by atoms with Gasteiger partial charge in [0.05, 0.1) is 5.97 Å². The second kappa shape index (κ2) is 10.2. The van der Waals surface area contributed by atoms with Gasteiger partial charge < -0.3 is 25.5 Å². The van der Waals surface area contributed by atoms with Crippen LogP contribution in [-0.4, -0.2) is 28.9 Å². The Labute approximate surface area is 174 Å². The number of nitrogens with zero attached hydrogens (tertiary/aromatic N) is 1. The van der Waals surface area contributed by atoms with Crippen LogP contribution in [0.4, 0.5) is 0 Å². The van der Waals surface area contributed by atoms with Gasteiger partial charge in [0.25, 0.3) is 0 Å². The van der Waals surface area contributed by atoms with Crippen LogP contribution in [0, 0.1) is 0 Å². The third-order valence-electron chi connectivity index (χ3n) is 3.26. The minimum atomic E-state index is -1.60. The molecular formula is C17H10CuN3O6S-3. The topological polar surface area (TPSA) is 157 Å². The summed E-state index contributed by atoms with van der Waals surface area (Å²) in [6, 6.07) is 0. The van der Waals surface area contributed by atoms with Crippen molar-refractivity contribution in [1.29, 1.82) is 0 Å². The van der Waals surface area contributed by atoms with Gasteiger partial charge in [0, 0.05) is 46.2 Å². The molecule has 0 heterocycles. The molecule has 2 rings (SSSR count). The Balaban J connectivity index is 0.00000392. The number of aliphatic imine (C=N–C) groups is 1. The summed E-state index contributed by atoms with van der Waals surface area (Å²) < 4.78 is 0. The van der Waals surface area contributed by atoms with E-state index in [0.717, 1.165) is 18.4 Å². The molecular weight excluding hydrogens is 438 g/mol. The van der Waals surface area contributed by atoms with Crippen molar-refractivity contribution >= 4 is 41.1 Å². The van der Waals surface area contributed by atoms with E-state index in [2.05, 4.69) is 15.8 Å². The van der Waals surface area contributed by atoms with Crippen LogP contribution in [0.3, 0.4) is 0 Å². The number of thiocarbonyl (C=S) groups is 1. The van der Waals surface area contributed by atoms with Crippen LogP contribution in [0.1, 0.15) is 0 Å². The fraction of sp³-hybridized carbons (Fsp3) is 0. The average molecular weight is 448 g/mol. The van der Waals surface area contributed by atoms with Crippen molar-refractivity contribution < 1.29 is 46.8 Å². The average Bonchev–Trinajstić information content (AvgIpc) is 2.61. The number of rotatable bonds is 4. The Hall–Kier alpha value is -3.27. The number of carboxylic acid groups (broad SMARTS) is 1. The van der Waals surface area contributed by atoms with Crippen LogP contribution in [0.5, 0.6) is 0 Å². The minimum Gasteiger partial charge on any atom is -0.883 e. The second-order valence-corrected chi connectivity index (χ2v) is 5.39. The first-order valence-corrected chi connectivity index (χ1v) is 7.67. The number of ketones is 2. The number of hydrogen-bond acceptors (Lipinski definition) is 8. The monoisotopic (exact) mass is 447 g/mol. The molecule has 0 atom stereocenters. The van der Waals surface area contributed by atoms with Gasteiger partial charge in [0.1, 0.15) is 0 Å². The fourth-order valence-electron chi connectivity index (χ4n) is 1.98. The molecule has 0 bridgehead atoms. The third kappa shape index (κ3) is 5.61. The molecule has 2 N–H and O–H groups in total. The second-order valence-electron chi connectivity index (χ2n) is 5.00. The van der Waals surface area contributed by atoms with Crippen molar-refractivity contribution in [2.75, 3.05) is 0 Å². The van der Waals surface area contributed by atoms with E-state index in [-0.39, 0.29) is 33.3 Å². The summed E-state index contributed by atoms with van der Waals surface area (Å²) in [6.07, 6.45) is 9.95. The van der Waals surface area contributed by atoms with Crippen molar-refractivity contribution in [3.63, 3.8) is 0 Å². The standard InChI is InChI=1S/C17H13N3O6S.Cu/c21-13-9(3-1-5-11(13)15(23)24)7-18-17(27)20-19-8-10-4-2-6-12(14(10)22)16(25)26;/h1-8,19,23-24H,(H,20,27)(H,25,26);/p-3. The van der Waals surface area contributed by atoms with Crippen molar-refractivity contribution in [2.45, 2.75) is 0 Å². The smallest absolute Gasteiger partial charge is 0.211 e. The molecule has 9 nitrogen and oxygen atoms in total. The van der Waals surface area contributed by atoms with Crippen LogP contribution in [0.25, 0.3) is 0 Å². The van der Waals surface area contributed by atoms with Crippen molar-refractivity contribution in [2.24, 2.45) is 4.99 Å². The molecule has 0 saturated heterocycles. The zero-order chi connectivity index (χ0) is 20.0. The maximum Gasteiger partial charge on any atom is 0.211 e. The molecule has 1 radical (unpaired) electrons. The van der Waals surface area contributed by atoms with E-state index >= 15 is 0 Å². The summed E-state index contributed by atoms with van der Waals surface area (Å²) in [5.74, 6) is -4.69. The van der Waals surface area contributed by atoms with Gasteiger partial charge in [-0.05, 0) is 36.0 Å². The SMILES string of the molecule is O=C([O-])C1=CC=CC(=CNNC(=S)N=CC2=CC=CC(=C([O-])[O-])C2=O)C1=O.[Cu]. The molecule has 0 amide bonds. The molecule has 149 valence electrons. The minimum absolute atomic E-state index is 0. The summed E-state index contributed by atoms with van der Waals surface area (Å²) >= 11 is 4.89. The molecule has 0 aromatic rings. The Morgan fingerprint density at radius 3 is 2.39 bits per heavy atom. The first-order valence-electron chi connectivity index (χ1n) is 7.26. The van der Waals surface area contributed by atoms with Gasteiger partial charge in [-0.25, -0.2) is 4.99 Å². The summed E-state index contributed by atoms with van der Waals surface area (Å²) in [5, 5.41) is 32.3. The Morgan fingerprint density at radius 2 is 1.75 bits per heavy atom. The number of aliphatic carboxylic acids is 1. The van der Waals surface area contributed by atoms with E-state index in [4.69, 9.17) is 12.2 Å². The first kappa shape index (κ1) is 22.8. The Morgan fingerprint density at radius 1 is 1.07 bits per heavy atom. The number of hydrazine groups is 1. The van der Waals surface area contributed by atoms with Crippen LogP contribution in [-0.2, 0) is 31.5 Å². The zero-order valence-corrected chi connectivity index (χ0v) is 15.5. The molecule has 28 heavy (non-hydrogen) atoms. The van der Waals surface area contributed by atoms with Gasteiger partial charge in [-0.15, -0.1) is 0 Å². The van der Waals surface area contributed by atoms with E-state index in [1.54, 1.807) is 0 Å². The van der Waals surface area contributed by atoms with Gasteiger partial charge in [-0.2, -0.15) is 5.95 Å². The van der Waals surface area contributed by atoms with Crippen molar-refractivity contribution in [3.05, 3.63) is 70.9 Å². The largest absolute Gasteiger partial charge is 0.883 e. The Bertz CT molecular complexity index is 937. The first-order chi connectivity index (χ1) is 12.8. The number of allylic oxidation sites excluding steroid dienone is 9. The summed E-state index contributed by atoms with van der Waals surface area (Å²) in [6.45, 7) is 0. The zero-order valence-electron chi connectivity index (χ0n) is 13.7. The quantitative estimate of drug-likeness (QED) is 0.0878. The van der Waals surface area contributed by atoms with Gasteiger partial charge >= 0.3 is 0 Å². The van der Waals surface area contributed by atoms with Gasteiger partial charge in [0.15, 0.2) is 11.6 Å². The predicted molar refractivity (Wildman–Crippen MR) is 91.9 cm³/mol. The van der Waals surface area contributed by atoms with Crippen LogP contribution in [0.15, 0.2) is 75.9 Å². The van der Waals surface area contributed by atoms with E-state index in [9.17, 15) is 29.7 Å². The fourth-order valence-corrected chi connectivity index (χ4v) is 2.09. The van der Waals surface area contributed by atoms with Crippen LogP contribution < -0.4 is 26.2 Å². The van der Waals surface area contributed by atoms with E-state index < -0.39 is 34.6 Å². The molecule has 0 saturated carbocycles. The number of Topliss-reactive ketones (excluding diaryl/α,β-unsaturated/α-hetero) is 2.